The summed E-state index contributed by atoms with van der Waals surface area (Å²) in [6.45, 7) is 6.59. The third kappa shape index (κ3) is 4.16. The summed E-state index contributed by atoms with van der Waals surface area (Å²) in [6, 6.07) is 19.7. The van der Waals surface area contributed by atoms with Crippen LogP contribution in [-0.4, -0.2) is 5.78 Å². The smallest absolute Gasteiger partial charge is 0.185 e. The van der Waals surface area contributed by atoms with Gasteiger partial charge in [0.25, 0.3) is 0 Å². The van der Waals surface area contributed by atoms with Crippen molar-refractivity contribution in [2.75, 3.05) is 0 Å². The zero-order chi connectivity index (χ0) is 15.3. The van der Waals surface area contributed by atoms with Gasteiger partial charge in [0.2, 0.25) is 0 Å². The normalized spacial score (nSPS) is 13.3. The highest BCUT2D eigenvalue weighted by molar-refractivity contribution is 6.04. The Bertz CT molecular complexity index is 603. The van der Waals surface area contributed by atoms with Gasteiger partial charge >= 0.3 is 0 Å². The number of hydrogen-bond acceptors (Lipinski definition) is 1. The van der Waals surface area contributed by atoms with Crippen LogP contribution in [0.5, 0.6) is 0 Å². The SMILES string of the molecule is CC(C)(C)[C@@H](/C=C/C(=O)c1ccccc1)c1ccccc1. The Morgan fingerprint density at radius 1 is 0.905 bits per heavy atom. The van der Waals surface area contributed by atoms with Gasteiger partial charge in [0, 0.05) is 11.5 Å². The lowest BCUT2D eigenvalue weighted by molar-refractivity contribution is 0.104. The predicted molar refractivity (Wildman–Crippen MR) is 88.6 cm³/mol. The van der Waals surface area contributed by atoms with Gasteiger partial charge in [-0.2, -0.15) is 0 Å². The van der Waals surface area contributed by atoms with Crippen molar-refractivity contribution in [3.63, 3.8) is 0 Å². The molecule has 0 unspecified atom stereocenters. The zero-order valence-electron chi connectivity index (χ0n) is 12.9. The lowest BCUT2D eigenvalue weighted by Crippen LogP contribution is -2.16. The molecular formula is C20H22O. The molecule has 2 aromatic rings. The molecular weight excluding hydrogens is 256 g/mol. The van der Waals surface area contributed by atoms with Gasteiger partial charge in [0.1, 0.15) is 0 Å². The summed E-state index contributed by atoms with van der Waals surface area (Å²) in [5.74, 6) is 0.271. The van der Waals surface area contributed by atoms with Crippen LogP contribution in [0.15, 0.2) is 72.8 Å². The molecule has 1 atom stereocenters. The Balaban J connectivity index is 2.24. The van der Waals surface area contributed by atoms with Crippen LogP contribution in [0.3, 0.4) is 0 Å². The van der Waals surface area contributed by atoms with E-state index in [0.717, 1.165) is 5.56 Å². The highest BCUT2D eigenvalue weighted by Gasteiger charge is 2.23. The van der Waals surface area contributed by atoms with Crippen LogP contribution >= 0.6 is 0 Å². The van der Waals surface area contributed by atoms with Crippen LogP contribution < -0.4 is 0 Å². The highest BCUT2D eigenvalue weighted by atomic mass is 16.1. The van der Waals surface area contributed by atoms with Crippen molar-refractivity contribution in [3.05, 3.63) is 83.9 Å². The second-order valence-corrected chi connectivity index (χ2v) is 6.34. The molecule has 1 heteroatoms. The molecule has 21 heavy (non-hydrogen) atoms. The average molecular weight is 278 g/mol. The maximum atomic E-state index is 12.2. The average Bonchev–Trinajstić information content (AvgIpc) is 2.48. The van der Waals surface area contributed by atoms with Gasteiger partial charge in [-0.25, -0.2) is 0 Å². The molecule has 0 saturated heterocycles. The first kappa shape index (κ1) is 15.2. The molecule has 0 bridgehead atoms. The monoisotopic (exact) mass is 278 g/mol. The molecule has 0 aromatic heterocycles. The first-order chi connectivity index (χ1) is 9.98. The summed E-state index contributed by atoms with van der Waals surface area (Å²) in [7, 11) is 0. The number of carbonyl (C=O) groups excluding carboxylic acids is 1. The molecule has 0 saturated carbocycles. The second-order valence-electron chi connectivity index (χ2n) is 6.34. The van der Waals surface area contributed by atoms with Crippen molar-refractivity contribution in [1.82, 2.24) is 0 Å². The van der Waals surface area contributed by atoms with Crippen molar-refractivity contribution < 1.29 is 4.79 Å². The summed E-state index contributed by atoms with van der Waals surface area (Å²) in [5, 5.41) is 0. The van der Waals surface area contributed by atoms with Gasteiger partial charge in [-0.05, 0) is 17.1 Å². The van der Waals surface area contributed by atoms with E-state index in [-0.39, 0.29) is 17.1 Å². The van der Waals surface area contributed by atoms with Crippen molar-refractivity contribution in [3.8, 4) is 0 Å². The molecule has 0 amide bonds. The van der Waals surface area contributed by atoms with Crippen molar-refractivity contribution in [1.29, 1.82) is 0 Å². The van der Waals surface area contributed by atoms with Crippen molar-refractivity contribution in [2.45, 2.75) is 26.7 Å². The van der Waals surface area contributed by atoms with Crippen LogP contribution in [0.25, 0.3) is 0 Å². The van der Waals surface area contributed by atoms with E-state index in [1.54, 1.807) is 6.08 Å². The van der Waals surface area contributed by atoms with Crippen LogP contribution in [-0.2, 0) is 0 Å². The van der Waals surface area contributed by atoms with Gasteiger partial charge in [-0.15, -0.1) is 0 Å². The second kappa shape index (κ2) is 6.53. The number of benzene rings is 2. The molecule has 0 radical (unpaired) electrons. The lowest BCUT2D eigenvalue weighted by Gasteiger charge is -2.28. The number of allylic oxidation sites excluding steroid dienone is 2. The quantitative estimate of drug-likeness (QED) is 0.551. The van der Waals surface area contributed by atoms with E-state index in [1.165, 1.54) is 5.56 Å². The maximum absolute atomic E-state index is 12.2. The topological polar surface area (TPSA) is 17.1 Å². The van der Waals surface area contributed by atoms with E-state index >= 15 is 0 Å². The molecule has 0 aliphatic rings. The Morgan fingerprint density at radius 3 is 1.95 bits per heavy atom. The van der Waals surface area contributed by atoms with Crippen molar-refractivity contribution >= 4 is 5.78 Å². The van der Waals surface area contributed by atoms with Crippen LogP contribution in [0.1, 0.15) is 42.6 Å². The fraction of sp³-hybridized carbons (Fsp3) is 0.250. The third-order valence-electron chi connectivity index (χ3n) is 3.59. The molecule has 2 aromatic carbocycles. The summed E-state index contributed by atoms with van der Waals surface area (Å²) < 4.78 is 0. The molecule has 0 aliphatic carbocycles. The molecule has 108 valence electrons. The number of hydrogen-bond donors (Lipinski definition) is 0. The Hall–Kier alpha value is -2.15. The number of rotatable bonds is 4. The minimum absolute atomic E-state index is 0.0563. The van der Waals surface area contributed by atoms with E-state index in [4.69, 9.17) is 0 Å². The fourth-order valence-corrected chi connectivity index (χ4v) is 2.44. The molecule has 0 spiro atoms. The zero-order valence-corrected chi connectivity index (χ0v) is 12.9. The molecule has 0 aliphatic heterocycles. The van der Waals surface area contributed by atoms with Gasteiger partial charge in [0.15, 0.2) is 5.78 Å². The first-order valence-corrected chi connectivity index (χ1v) is 7.31. The predicted octanol–water partition coefficient (Wildman–Crippen LogP) is 5.26. The molecule has 2 rings (SSSR count). The van der Waals surface area contributed by atoms with Crippen LogP contribution in [0.2, 0.25) is 0 Å². The summed E-state index contributed by atoms with van der Waals surface area (Å²) >= 11 is 0. The Labute approximate surface area is 127 Å². The molecule has 0 N–H and O–H groups in total. The standard InChI is InChI=1S/C20H22O/c1-20(2,3)18(16-10-6-4-7-11-16)14-15-19(21)17-12-8-5-9-13-17/h4-15,18H,1-3H3/b15-14+/t18-/m0/s1. The van der Waals surface area contributed by atoms with Gasteiger partial charge in [-0.1, -0.05) is 87.5 Å². The van der Waals surface area contributed by atoms with Crippen LogP contribution in [0, 0.1) is 5.41 Å². The summed E-state index contributed by atoms with van der Waals surface area (Å²) in [4.78, 5) is 12.2. The minimum Gasteiger partial charge on any atom is -0.289 e. The highest BCUT2D eigenvalue weighted by Crippen LogP contribution is 2.36. The largest absolute Gasteiger partial charge is 0.289 e. The minimum atomic E-state index is 0.0563. The summed E-state index contributed by atoms with van der Waals surface area (Å²) in [6.07, 6.45) is 3.74. The molecule has 0 heterocycles. The first-order valence-electron chi connectivity index (χ1n) is 7.31. The Morgan fingerprint density at radius 2 is 1.43 bits per heavy atom. The molecule has 1 nitrogen and oxygen atoms in total. The van der Waals surface area contributed by atoms with Crippen LogP contribution in [0.4, 0.5) is 0 Å². The van der Waals surface area contributed by atoms with E-state index in [2.05, 4.69) is 32.9 Å². The summed E-state index contributed by atoms with van der Waals surface area (Å²) in [5.41, 5.74) is 2.03. The molecule has 0 fully saturated rings. The number of ketones is 1. The van der Waals surface area contributed by atoms with Crippen molar-refractivity contribution in [2.24, 2.45) is 5.41 Å². The fourth-order valence-electron chi connectivity index (χ4n) is 2.44. The van der Waals surface area contributed by atoms with Gasteiger partial charge < -0.3 is 0 Å². The van der Waals surface area contributed by atoms with E-state index in [1.807, 2.05) is 54.6 Å². The maximum Gasteiger partial charge on any atom is 0.185 e. The Kier molecular flexibility index (Phi) is 4.74. The number of carbonyl (C=O) groups is 1. The third-order valence-corrected chi connectivity index (χ3v) is 3.59. The van der Waals surface area contributed by atoms with E-state index in [0.29, 0.717) is 0 Å². The van der Waals surface area contributed by atoms with E-state index in [9.17, 15) is 4.79 Å². The van der Waals surface area contributed by atoms with E-state index < -0.39 is 0 Å². The van der Waals surface area contributed by atoms with Gasteiger partial charge in [0.05, 0.1) is 0 Å². The van der Waals surface area contributed by atoms with Gasteiger partial charge in [-0.3, -0.25) is 4.79 Å². The lowest BCUT2D eigenvalue weighted by atomic mass is 9.76.